The fourth-order valence-corrected chi connectivity index (χ4v) is 4.21. The van der Waals surface area contributed by atoms with Crippen LogP contribution >= 0.6 is 11.6 Å². The number of carbonyl (C=O) groups is 3. The summed E-state index contributed by atoms with van der Waals surface area (Å²) in [6, 6.07) is 13.7. The molecule has 1 heterocycles. The molecule has 33 heavy (non-hydrogen) atoms. The van der Waals surface area contributed by atoms with E-state index in [0.717, 1.165) is 16.7 Å². The molecule has 0 aliphatic carbocycles. The summed E-state index contributed by atoms with van der Waals surface area (Å²) in [7, 11) is 0. The number of aliphatic carboxylic acids is 1. The topological polar surface area (TPSA) is 127 Å². The average Bonchev–Trinajstić information content (AvgIpc) is 3.27. The molecule has 9 heteroatoms. The maximum absolute atomic E-state index is 12.6. The first-order valence-corrected chi connectivity index (χ1v) is 11.1. The number of hydrogen-bond acceptors (Lipinski definition) is 5. The molecule has 1 aliphatic rings. The lowest BCUT2D eigenvalue weighted by Gasteiger charge is -2.25. The summed E-state index contributed by atoms with van der Waals surface area (Å²) in [4.78, 5) is 37.6. The number of hydrogen-bond donors (Lipinski definition) is 4. The zero-order valence-electron chi connectivity index (χ0n) is 18.0. The summed E-state index contributed by atoms with van der Waals surface area (Å²) in [6.45, 7) is 0.157. The summed E-state index contributed by atoms with van der Waals surface area (Å²) >= 11 is 6.05. The summed E-state index contributed by atoms with van der Waals surface area (Å²) in [5.41, 5.74) is 2.67. The molecule has 0 bridgehead atoms. The van der Waals surface area contributed by atoms with Gasteiger partial charge in [-0.3, -0.25) is 9.59 Å². The molecule has 176 valence electrons. The molecule has 0 aromatic heterocycles. The van der Waals surface area contributed by atoms with E-state index in [9.17, 15) is 24.6 Å². The quantitative estimate of drug-likeness (QED) is 0.432. The third kappa shape index (κ3) is 6.54. The Morgan fingerprint density at radius 1 is 1.12 bits per heavy atom. The van der Waals surface area contributed by atoms with Crippen LogP contribution in [0.1, 0.15) is 24.8 Å². The minimum Gasteiger partial charge on any atom is -0.479 e. The van der Waals surface area contributed by atoms with Crippen LogP contribution in [0.25, 0.3) is 11.1 Å². The summed E-state index contributed by atoms with van der Waals surface area (Å²) in [5, 5.41) is 31.5. The van der Waals surface area contributed by atoms with Gasteiger partial charge in [0.15, 0.2) is 6.10 Å². The second-order valence-electron chi connectivity index (χ2n) is 8.15. The van der Waals surface area contributed by atoms with Gasteiger partial charge in [-0.25, -0.2) is 4.79 Å². The van der Waals surface area contributed by atoms with Crippen LogP contribution in [0.3, 0.4) is 0 Å². The molecule has 8 nitrogen and oxygen atoms in total. The highest BCUT2D eigenvalue weighted by molar-refractivity contribution is 6.35. The molecular weight excluding hydrogens is 448 g/mol. The van der Waals surface area contributed by atoms with Crippen LogP contribution in [0.2, 0.25) is 5.02 Å². The summed E-state index contributed by atoms with van der Waals surface area (Å²) in [6.07, 6.45) is -0.399. The third-order valence-electron chi connectivity index (χ3n) is 5.77. The van der Waals surface area contributed by atoms with Crippen molar-refractivity contribution in [1.82, 2.24) is 10.2 Å². The Morgan fingerprint density at radius 2 is 1.85 bits per heavy atom. The Hall–Kier alpha value is -2.94. The first-order valence-electron chi connectivity index (χ1n) is 10.8. The summed E-state index contributed by atoms with van der Waals surface area (Å²) < 4.78 is 0. The predicted octanol–water partition coefficient (Wildman–Crippen LogP) is 1.85. The van der Waals surface area contributed by atoms with Crippen molar-refractivity contribution in [2.45, 2.75) is 43.9 Å². The molecular formula is C24H27ClN2O6. The Balaban J connectivity index is 1.71. The van der Waals surface area contributed by atoms with E-state index < -0.39 is 36.0 Å². The minimum atomic E-state index is -1.69. The van der Waals surface area contributed by atoms with E-state index in [4.69, 9.17) is 16.7 Å². The van der Waals surface area contributed by atoms with Crippen LogP contribution in [-0.4, -0.2) is 69.3 Å². The van der Waals surface area contributed by atoms with E-state index in [1.165, 1.54) is 4.90 Å². The number of rotatable bonds is 8. The zero-order chi connectivity index (χ0) is 24.0. The van der Waals surface area contributed by atoms with Gasteiger partial charge < -0.3 is 25.5 Å². The van der Waals surface area contributed by atoms with Crippen LogP contribution in [0.5, 0.6) is 0 Å². The van der Waals surface area contributed by atoms with Crippen molar-refractivity contribution >= 4 is 29.4 Å². The molecule has 3 atom stereocenters. The van der Waals surface area contributed by atoms with Crippen molar-refractivity contribution in [3.8, 4) is 11.1 Å². The molecule has 2 amide bonds. The molecule has 2 aromatic rings. The van der Waals surface area contributed by atoms with Gasteiger partial charge in [0, 0.05) is 24.0 Å². The van der Waals surface area contributed by atoms with Gasteiger partial charge in [0.05, 0.1) is 12.6 Å². The lowest BCUT2D eigenvalue weighted by Crippen LogP contribution is -2.50. The number of halogens is 1. The number of nitrogens with zero attached hydrogens (tertiary/aromatic N) is 1. The van der Waals surface area contributed by atoms with Crippen LogP contribution in [0.15, 0.2) is 48.5 Å². The van der Waals surface area contributed by atoms with Gasteiger partial charge in [0.2, 0.25) is 0 Å². The number of likely N-dealkylation sites (tertiary alicyclic amines) is 1. The molecule has 2 aromatic carbocycles. The molecule has 0 radical (unpaired) electrons. The van der Waals surface area contributed by atoms with Crippen molar-refractivity contribution in [3.05, 3.63) is 59.1 Å². The van der Waals surface area contributed by atoms with Crippen molar-refractivity contribution in [3.63, 3.8) is 0 Å². The molecule has 0 saturated carbocycles. The second-order valence-corrected chi connectivity index (χ2v) is 8.59. The highest BCUT2D eigenvalue weighted by Gasteiger charge is 2.33. The number of carboxylic acids is 1. The number of amides is 2. The van der Waals surface area contributed by atoms with Crippen LogP contribution < -0.4 is 5.32 Å². The maximum Gasteiger partial charge on any atom is 0.332 e. The smallest absolute Gasteiger partial charge is 0.332 e. The largest absolute Gasteiger partial charge is 0.479 e. The molecule has 2 unspecified atom stereocenters. The number of benzene rings is 2. The van der Waals surface area contributed by atoms with Gasteiger partial charge in [0.25, 0.3) is 0 Å². The van der Waals surface area contributed by atoms with Gasteiger partial charge in [0.1, 0.15) is 0 Å². The van der Waals surface area contributed by atoms with Gasteiger partial charge >= 0.3 is 17.8 Å². The normalized spacial score (nSPS) is 17.4. The number of aliphatic hydroxyl groups is 2. The maximum atomic E-state index is 12.6. The Labute approximate surface area is 196 Å². The van der Waals surface area contributed by atoms with Crippen molar-refractivity contribution in [2.24, 2.45) is 0 Å². The molecule has 3 rings (SSSR count). The predicted molar refractivity (Wildman–Crippen MR) is 123 cm³/mol. The van der Waals surface area contributed by atoms with Crippen molar-refractivity contribution < 1.29 is 29.7 Å². The Morgan fingerprint density at radius 3 is 2.48 bits per heavy atom. The molecule has 1 aliphatic heterocycles. The zero-order valence-corrected chi connectivity index (χ0v) is 18.7. The number of carboxylic acid groups (broad SMARTS) is 1. The van der Waals surface area contributed by atoms with E-state index >= 15 is 0 Å². The van der Waals surface area contributed by atoms with Crippen LogP contribution in [0.4, 0.5) is 0 Å². The minimum absolute atomic E-state index is 0.223. The highest BCUT2D eigenvalue weighted by Crippen LogP contribution is 2.23. The Bertz CT molecular complexity index is 997. The van der Waals surface area contributed by atoms with Gasteiger partial charge in [-0.05, 0) is 48.1 Å². The molecule has 4 N–H and O–H groups in total. The van der Waals surface area contributed by atoms with Crippen molar-refractivity contribution in [1.29, 1.82) is 0 Å². The average molecular weight is 475 g/mol. The first kappa shape index (κ1) is 24.7. The van der Waals surface area contributed by atoms with Gasteiger partial charge in [-0.15, -0.1) is 0 Å². The van der Waals surface area contributed by atoms with E-state index in [1.807, 2.05) is 42.5 Å². The lowest BCUT2D eigenvalue weighted by atomic mass is 9.97. The number of carbonyl (C=O) groups excluding carboxylic acids is 2. The Kier molecular flexibility index (Phi) is 8.43. The van der Waals surface area contributed by atoms with Crippen molar-refractivity contribution in [2.75, 3.05) is 13.2 Å². The van der Waals surface area contributed by atoms with E-state index in [1.54, 1.807) is 6.07 Å². The molecule has 1 fully saturated rings. The van der Waals surface area contributed by atoms with E-state index in [2.05, 4.69) is 5.32 Å². The lowest BCUT2D eigenvalue weighted by molar-refractivity contribution is -0.149. The standard InChI is InChI=1S/C24H27ClN2O6/c25-18-4-1-3-17(12-18)16-8-6-15(7-9-16)11-19(13-21(29)24(32)33)26-22(30)23(31)27-10-2-5-20(27)14-28/h1,3-4,6-9,12,19-21,28-29H,2,5,10-11,13-14H2,(H,26,30)(H,32,33)/t19?,20-,21?/m1/s1. The van der Waals surface area contributed by atoms with Gasteiger partial charge in [-0.2, -0.15) is 0 Å². The van der Waals surface area contributed by atoms with Gasteiger partial charge in [-0.1, -0.05) is 48.0 Å². The second kappa shape index (κ2) is 11.3. The fraction of sp³-hybridized carbons (Fsp3) is 0.375. The molecule has 0 spiro atoms. The SMILES string of the molecule is O=C(NC(Cc1ccc(-c2cccc(Cl)c2)cc1)CC(O)C(=O)O)C(=O)N1CCC[C@@H]1CO. The number of aliphatic hydroxyl groups excluding tert-OH is 2. The highest BCUT2D eigenvalue weighted by atomic mass is 35.5. The summed E-state index contributed by atoms with van der Waals surface area (Å²) in [5.74, 6) is -3.05. The van der Waals surface area contributed by atoms with E-state index in [0.29, 0.717) is 24.4 Å². The molecule has 1 saturated heterocycles. The number of nitrogens with one attached hydrogen (secondary N) is 1. The fourth-order valence-electron chi connectivity index (χ4n) is 4.02. The van der Waals surface area contributed by atoms with E-state index in [-0.39, 0.29) is 19.4 Å². The monoisotopic (exact) mass is 474 g/mol. The van der Waals surface area contributed by atoms with Crippen LogP contribution in [-0.2, 0) is 20.8 Å². The first-order chi connectivity index (χ1) is 15.8. The van der Waals surface area contributed by atoms with Crippen LogP contribution in [0, 0.1) is 0 Å². The third-order valence-corrected chi connectivity index (χ3v) is 6.00.